The molecule has 8 heteroatoms. The van der Waals surface area contributed by atoms with Crippen molar-refractivity contribution in [2.45, 2.75) is 6.54 Å². The minimum absolute atomic E-state index is 0.0825. The lowest BCUT2D eigenvalue weighted by molar-refractivity contribution is -0.120. The summed E-state index contributed by atoms with van der Waals surface area (Å²) in [5.41, 5.74) is 1.72. The summed E-state index contributed by atoms with van der Waals surface area (Å²) in [6, 6.07) is 7.53. The molecule has 2 rings (SSSR count). The van der Waals surface area contributed by atoms with E-state index in [-0.39, 0.29) is 18.2 Å². The molecule has 0 saturated carbocycles. The Balaban J connectivity index is 2.06. The first-order valence-corrected chi connectivity index (χ1v) is 8.09. The van der Waals surface area contributed by atoms with Gasteiger partial charge in [0.2, 0.25) is 15.9 Å². The summed E-state index contributed by atoms with van der Waals surface area (Å²) >= 11 is 0. The van der Waals surface area contributed by atoms with Crippen molar-refractivity contribution in [3.8, 4) is 0 Å². The fourth-order valence-corrected chi connectivity index (χ4v) is 2.99. The van der Waals surface area contributed by atoms with Gasteiger partial charge in [-0.2, -0.15) is 4.31 Å². The molecule has 0 radical (unpaired) electrons. The topological polar surface area (TPSA) is 84.3 Å². The predicted octanol–water partition coefficient (Wildman–Crippen LogP) is 0.0439. The average Bonchev–Trinajstić information content (AvgIpc) is 2.88. The van der Waals surface area contributed by atoms with Crippen molar-refractivity contribution in [2.24, 2.45) is 0 Å². The Bertz CT molecular complexity index is 739. The molecule has 1 N–H and O–H groups in total. The number of aromatic nitrogens is 2. The van der Waals surface area contributed by atoms with Gasteiger partial charge in [-0.1, -0.05) is 12.1 Å². The first-order valence-electron chi connectivity index (χ1n) is 6.48. The molecule has 0 aliphatic carbocycles. The Labute approximate surface area is 123 Å². The maximum Gasteiger partial charge on any atom is 0.235 e. The number of hydrogen-bond acceptors (Lipinski definition) is 4. The van der Waals surface area contributed by atoms with Crippen molar-refractivity contribution in [1.29, 1.82) is 0 Å². The van der Waals surface area contributed by atoms with Crippen molar-refractivity contribution in [3.63, 3.8) is 0 Å². The normalized spacial score (nSPS) is 12.0. The zero-order valence-electron chi connectivity index (χ0n) is 12.0. The van der Waals surface area contributed by atoms with Crippen molar-refractivity contribution in [3.05, 3.63) is 30.6 Å². The van der Waals surface area contributed by atoms with Gasteiger partial charge in [0.05, 0.1) is 29.7 Å². The summed E-state index contributed by atoms with van der Waals surface area (Å²) in [5, 5.41) is 2.40. The van der Waals surface area contributed by atoms with E-state index in [4.69, 9.17) is 0 Å². The van der Waals surface area contributed by atoms with E-state index in [0.29, 0.717) is 6.54 Å². The van der Waals surface area contributed by atoms with Gasteiger partial charge >= 0.3 is 0 Å². The van der Waals surface area contributed by atoms with Gasteiger partial charge in [-0.25, -0.2) is 13.4 Å². The van der Waals surface area contributed by atoms with Crippen LogP contribution in [-0.4, -0.2) is 54.6 Å². The van der Waals surface area contributed by atoms with Gasteiger partial charge in [0.15, 0.2) is 0 Å². The average molecular weight is 310 g/mol. The zero-order valence-corrected chi connectivity index (χ0v) is 12.8. The van der Waals surface area contributed by atoms with E-state index in [1.165, 1.54) is 14.1 Å². The Morgan fingerprint density at radius 3 is 2.81 bits per heavy atom. The van der Waals surface area contributed by atoms with Crippen molar-refractivity contribution in [2.75, 3.05) is 26.4 Å². The molecule has 21 heavy (non-hydrogen) atoms. The van der Waals surface area contributed by atoms with E-state index >= 15 is 0 Å². The smallest absolute Gasteiger partial charge is 0.235 e. The number of nitrogens with zero attached hydrogens (tertiary/aromatic N) is 3. The maximum absolute atomic E-state index is 12.1. The van der Waals surface area contributed by atoms with Crippen LogP contribution in [0.15, 0.2) is 30.6 Å². The van der Waals surface area contributed by atoms with Crippen LogP contribution in [0.1, 0.15) is 0 Å². The molecule has 0 spiro atoms. The summed E-state index contributed by atoms with van der Waals surface area (Å²) in [4.78, 5) is 15.5. The number of fused-ring (bicyclic) bond motifs is 1. The second-order valence-electron chi connectivity index (χ2n) is 4.67. The Kier molecular flexibility index (Phi) is 4.59. The molecular formula is C13H18N4O3S. The summed E-state index contributed by atoms with van der Waals surface area (Å²) in [6.07, 6.45) is 1.62. The third-order valence-electron chi connectivity index (χ3n) is 3.24. The third-order valence-corrected chi connectivity index (χ3v) is 5.01. The highest BCUT2D eigenvalue weighted by Gasteiger charge is 2.20. The number of rotatable bonds is 6. The molecule has 0 unspecified atom stereocenters. The molecule has 1 aromatic heterocycles. The second kappa shape index (κ2) is 6.23. The van der Waals surface area contributed by atoms with Gasteiger partial charge in [0.1, 0.15) is 0 Å². The SMILES string of the molecule is CNC(=O)CN(C)S(=O)(=O)CCn1cnc2ccccc21. The number of likely N-dealkylation sites (N-methyl/N-ethyl adjacent to an activating group) is 2. The van der Waals surface area contributed by atoms with E-state index in [2.05, 4.69) is 10.3 Å². The van der Waals surface area contributed by atoms with Gasteiger partial charge in [-0.05, 0) is 12.1 Å². The van der Waals surface area contributed by atoms with E-state index in [1.807, 2.05) is 24.3 Å². The number of amides is 1. The summed E-state index contributed by atoms with van der Waals surface area (Å²) < 4.78 is 27.1. The number of sulfonamides is 1. The van der Waals surface area contributed by atoms with E-state index in [1.54, 1.807) is 10.9 Å². The Hall–Kier alpha value is -1.93. The molecule has 0 bridgehead atoms. The third kappa shape index (κ3) is 3.59. The fraction of sp³-hybridized carbons (Fsp3) is 0.385. The number of aryl methyl sites for hydroxylation is 1. The van der Waals surface area contributed by atoms with Crippen LogP contribution in [0.5, 0.6) is 0 Å². The number of hydrogen-bond donors (Lipinski definition) is 1. The van der Waals surface area contributed by atoms with Crippen LogP contribution in [-0.2, 0) is 21.4 Å². The van der Waals surface area contributed by atoms with Crippen LogP contribution in [0.4, 0.5) is 0 Å². The number of imidazole rings is 1. The zero-order chi connectivity index (χ0) is 15.5. The number of benzene rings is 1. The van der Waals surface area contributed by atoms with Gasteiger partial charge < -0.3 is 9.88 Å². The molecule has 0 fully saturated rings. The van der Waals surface area contributed by atoms with E-state index in [0.717, 1.165) is 15.3 Å². The van der Waals surface area contributed by atoms with Gasteiger partial charge in [0, 0.05) is 20.6 Å². The minimum Gasteiger partial charge on any atom is -0.358 e. The molecule has 1 heterocycles. The van der Waals surface area contributed by atoms with E-state index < -0.39 is 10.0 Å². The highest BCUT2D eigenvalue weighted by molar-refractivity contribution is 7.89. The molecule has 0 saturated heterocycles. The molecular weight excluding hydrogens is 292 g/mol. The molecule has 0 atom stereocenters. The second-order valence-corrected chi connectivity index (χ2v) is 6.87. The van der Waals surface area contributed by atoms with Crippen molar-refractivity contribution < 1.29 is 13.2 Å². The lowest BCUT2D eigenvalue weighted by Gasteiger charge is -2.16. The highest BCUT2D eigenvalue weighted by atomic mass is 32.2. The first-order chi connectivity index (χ1) is 9.94. The quantitative estimate of drug-likeness (QED) is 0.817. The number of carbonyl (C=O) groups excluding carboxylic acids is 1. The van der Waals surface area contributed by atoms with Crippen LogP contribution in [0.3, 0.4) is 0 Å². The summed E-state index contributed by atoms with van der Waals surface area (Å²) in [6.45, 7) is 0.116. The van der Waals surface area contributed by atoms with Crippen LogP contribution in [0.25, 0.3) is 11.0 Å². The lowest BCUT2D eigenvalue weighted by atomic mass is 10.3. The molecule has 2 aromatic rings. The summed E-state index contributed by atoms with van der Waals surface area (Å²) in [5.74, 6) is -0.421. The molecule has 1 amide bonds. The number of para-hydroxylation sites is 2. The lowest BCUT2D eigenvalue weighted by Crippen LogP contribution is -2.38. The van der Waals surface area contributed by atoms with Gasteiger partial charge in [0.25, 0.3) is 0 Å². The molecule has 0 aliphatic rings. The van der Waals surface area contributed by atoms with Crippen LogP contribution in [0, 0.1) is 0 Å². The predicted molar refractivity (Wildman–Crippen MR) is 80.2 cm³/mol. The Morgan fingerprint density at radius 2 is 2.10 bits per heavy atom. The fourth-order valence-electron chi connectivity index (χ4n) is 1.94. The molecule has 7 nitrogen and oxygen atoms in total. The molecule has 114 valence electrons. The van der Waals surface area contributed by atoms with Crippen LogP contribution >= 0.6 is 0 Å². The van der Waals surface area contributed by atoms with Crippen LogP contribution < -0.4 is 5.32 Å². The molecule has 1 aromatic carbocycles. The number of nitrogens with one attached hydrogen (secondary N) is 1. The van der Waals surface area contributed by atoms with E-state index in [9.17, 15) is 13.2 Å². The van der Waals surface area contributed by atoms with Gasteiger partial charge in [-0.15, -0.1) is 0 Å². The maximum atomic E-state index is 12.1. The standard InChI is InChI=1S/C13H18N4O3S/c1-14-13(18)9-16(2)21(19,20)8-7-17-10-15-11-5-3-4-6-12(11)17/h3-6,10H,7-9H2,1-2H3,(H,14,18). The van der Waals surface area contributed by atoms with Crippen molar-refractivity contribution >= 4 is 27.0 Å². The van der Waals surface area contributed by atoms with Crippen LogP contribution in [0.2, 0.25) is 0 Å². The van der Waals surface area contributed by atoms with Crippen molar-refractivity contribution in [1.82, 2.24) is 19.2 Å². The number of carbonyl (C=O) groups is 1. The molecule has 0 aliphatic heterocycles. The largest absolute Gasteiger partial charge is 0.358 e. The monoisotopic (exact) mass is 310 g/mol. The summed E-state index contributed by atoms with van der Waals surface area (Å²) in [7, 11) is -0.614. The Morgan fingerprint density at radius 1 is 1.38 bits per heavy atom. The minimum atomic E-state index is -3.49. The highest BCUT2D eigenvalue weighted by Crippen LogP contribution is 2.12. The van der Waals surface area contributed by atoms with Gasteiger partial charge in [-0.3, -0.25) is 4.79 Å². The first kappa shape index (κ1) is 15.5.